The number of halogens is 1. The van der Waals surface area contributed by atoms with Crippen molar-refractivity contribution in [3.8, 4) is 10.7 Å². The van der Waals surface area contributed by atoms with Crippen LogP contribution in [0.2, 0.25) is 5.15 Å². The lowest BCUT2D eigenvalue weighted by Crippen LogP contribution is -1.90. The summed E-state index contributed by atoms with van der Waals surface area (Å²) < 4.78 is 0. The number of fused-ring (bicyclic) bond motifs is 2. The number of aromatic nitrogens is 3. The lowest BCUT2D eigenvalue weighted by atomic mass is 10.1. The van der Waals surface area contributed by atoms with E-state index in [0.717, 1.165) is 26.6 Å². The molecule has 0 aliphatic heterocycles. The molecule has 2 heterocycles. The van der Waals surface area contributed by atoms with Crippen molar-refractivity contribution in [2.24, 2.45) is 0 Å². The minimum atomic E-state index is 0.476. The fraction of sp³-hybridized carbons (Fsp3) is 0. The molecule has 2 aromatic carbocycles. The molecule has 0 aliphatic carbocycles. The van der Waals surface area contributed by atoms with Crippen LogP contribution < -0.4 is 0 Å². The highest BCUT2D eigenvalue weighted by atomic mass is 35.5. The van der Waals surface area contributed by atoms with Gasteiger partial charge in [0.15, 0.2) is 5.82 Å². The van der Waals surface area contributed by atoms with Gasteiger partial charge in [-0.25, -0.2) is 9.97 Å². The number of hydrogen-bond donors (Lipinski definition) is 0. The van der Waals surface area contributed by atoms with Gasteiger partial charge in [0.2, 0.25) is 0 Å². The minimum Gasteiger partial charge on any atom is -0.252 e. The van der Waals surface area contributed by atoms with Crippen LogP contribution in [0.3, 0.4) is 0 Å². The van der Waals surface area contributed by atoms with E-state index in [4.69, 9.17) is 11.6 Å². The van der Waals surface area contributed by atoms with E-state index in [-0.39, 0.29) is 0 Å². The highest BCUT2D eigenvalue weighted by molar-refractivity contribution is 7.13. The van der Waals surface area contributed by atoms with Crippen molar-refractivity contribution in [3.63, 3.8) is 0 Å². The van der Waals surface area contributed by atoms with E-state index in [2.05, 4.69) is 27.1 Å². The van der Waals surface area contributed by atoms with Gasteiger partial charge in [0.1, 0.15) is 5.15 Å². The van der Waals surface area contributed by atoms with Gasteiger partial charge in [0, 0.05) is 11.6 Å². The van der Waals surface area contributed by atoms with Crippen LogP contribution in [0.25, 0.3) is 32.4 Å². The highest BCUT2D eigenvalue weighted by Gasteiger charge is 2.10. The van der Waals surface area contributed by atoms with Crippen LogP contribution >= 0.6 is 22.9 Å². The summed E-state index contributed by atoms with van der Waals surface area (Å²) in [7, 11) is 0. The van der Waals surface area contributed by atoms with Crippen LogP contribution in [0.15, 0.2) is 48.1 Å². The monoisotopic (exact) mass is 297 g/mol. The molecule has 0 spiro atoms. The normalized spacial score (nSPS) is 11.2. The van der Waals surface area contributed by atoms with Crippen LogP contribution in [0.4, 0.5) is 0 Å². The average Bonchev–Trinajstić information content (AvgIpc) is 2.99. The Morgan fingerprint density at radius 1 is 1.00 bits per heavy atom. The smallest absolute Gasteiger partial charge is 0.173 e. The number of thiazole rings is 1. The number of nitrogens with zero attached hydrogens (tertiary/aromatic N) is 3. The minimum absolute atomic E-state index is 0.476. The predicted octanol–water partition coefficient (Wildman–Crippen LogP) is 4.56. The SMILES string of the molecule is Clc1nc(-c2cncs2)nc2cc3ccccc3cc12. The topological polar surface area (TPSA) is 38.7 Å². The van der Waals surface area contributed by atoms with E-state index in [9.17, 15) is 0 Å². The Morgan fingerprint density at radius 2 is 1.80 bits per heavy atom. The van der Waals surface area contributed by atoms with Crippen molar-refractivity contribution in [2.45, 2.75) is 0 Å². The van der Waals surface area contributed by atoms with E-state index in [0.29, 0.717) is 11.0 Å². The van der Waals surface area contributed by atoms with Crippen LogP contribution in [-0.4, -0.2) is 15.0 Å². The molecular weight excluding hydrogens is 290 g/mol. The molecule has 2 aromatic heterocycles. The third kappa shape index (κ3) is 1.85. The van der Waals surface area contributed by atoms with Crippen LogP contribution in [0.5, 0.6) is 0 Å². The molecule has 0 aliphatic rings. The van der Waals surface area contributed by atoms with E-state index in [1.807, 2.05) is 24.3 Å². The molecule has 0 atom stereocenters. The fourth-order valence-corrected chi connectivity index (χ4v) is 3.00. The first kappa shape index (κ1) is 11.8. The van der Waals surface area contributed by atoms with Gasteiger partial charge in [-0.3, -0.25) is 4.98 Å². The molecule has 0 radical (unpaired) electrons. The van der Waals surface area contributed by atoms with Gasteiger partial charge in [-0.1, -0.05) is 35.9 Å². The first-order valence-corrected chi connectivity index (χ1v) is 7.32. The molecule has 0 saturated carbocycles. The van der Waals surface area contributed by atoms with Gasteiger partial charge in [-0.05, 0) is 22.9 Å². The molecule has 4 rings (SSSR count). The standard InChI is InChI=1S/C15H8ClN3S/c16-14-11-5-9-3-1-2-4-10(9)6-12(11)18-15(19-14)13-7-17-8-20-13/h1-8H. The summed E-state index contributed by atoms with van der Waals surface area (Å²) >= 11 is 7.81. The van der Waals surface area contributed by atoms with Crippen LogP contribution in [-0.2, 0) is 0 Å². The largest absolute Gasteiger partial charge is 0.252 e. The lowest BCUT2D eigenvalue weighted by molar-refractivity contribution is 1.23. The molecule has 0 N–H and O–H groups in total. The Balaban J connectivity index is 2.06. The van der Waals surface area contributed by atoms with Crippen molar-refractivity contribution in [3.05, 3.63) is 53.3 Å². The Kier molecular flexibility index (Phi) is 2.65. The Labute approximate surface area is 123 Å². The van der Waals surface area contributed by atoms with Crippen molar-refractivity contribution in [1.82, 2.24) is 15.0 Å². The first-order valence-electron chi connectivity index (χ1n) is 6.06. The lowest BCUT2D eigenvalue weighted by Gasteiger charge is -2.05. The summed E-state index contributed by atoms with van der Waals surface area (Å²) in [5.41, 5.74) is 2.61. The van der Waals surface area contributed by atoms with Crippen molar-refractivity contribution in [1.29, 1.82) is 0 Å². The van der Waals surface area contributed by atoms with E-state index < -0.39 is 0 Å². The Bertz CT molecular complexity index is 919. The Hall–Kier alpha value is -2.04. The second-order valence-corrected chi connectivity index (χ2v) is 5.66. The highest BCUT2D eigenvalue weighted by Crippen LogP contribution is 2.29. The molecule has 5 heteroatoms. The van der Waals surface area contributed by atoms with E-state index in [1.165, 1.54) is 11.3 Å². The van der Waals surface area contributed by atoms with E-state index in [1.54, 1.807) is 11.7 Å². The summed E-state index contributed by atoms with van der Waals surface area (Å²) in [6.45, 7) is 0. The van der Waals surface area contributed by atoms with E-state index >= 15 is 0 Å². The maximum Gasteiger partial charge on any atom is 0.173 e. The number of hydrogen-bond acceptors (Lipinski definition) is 4. The average molecular weight is 298 g/mol. The molecule has 0 bridgehead atoms. The second kappa shape index (κ2) is 4.51. The zero-order valence-corrected chi connectivity index (χ0v) is 11.8. The van der Waals surface area contributed by atoms with Crippen LogP contribution in [0.1, 0.15) is 0 Å². The molecule has 4 aromatic rings. The maximum atomic E-state index is 6.31. The van der Waals surface area contributed by atoms with Gasteiger partial charge < -0.3 is 0 Å². The van der Waals surface area contributed by atoms with Crippen LogP contribution in [0, 0.1) is 0 Å². The molecule has 96 valence electrons. The Morgan fingerprint density at radius 3 is 2.55 bits per heavy atom. The zero-order chi connectivity index (χ0) is 13.5. The van der Waals surface area contributed by atoms with Crippen molar-refractivity contribution in [2.75, 3.05) is 0 Å². The molecule has 0 unspecified atom stereocenters. The molecule has 0 amide bonds. The molecule has 0 saturated heterocycles. The predicted molar refractivity (Wildman–Crippen MR) is 83.2 cm³/mol. The van der Waals surface area contributed by atoms with Crippen molar-refractivity contribution >= 4 is 44.6 Å². The van der Waals surface area contributed by atoms with Gasteiger partial charge in [-0.2, -0.15) is 0 Å². The summed E-state index contributed by atoms with van der Waals surface area (Å²) in [5, 5.41) is 3.63. The van der Waals surface area contributed by atoms with Gasteiger partial charge >= 0.3 is 0 Å². The van der Waals surface area contributed by atoms with Crippen molar-refractivity contribution < 1.29 is 0 Å². The summed E-state index contributed by atoms with van der Waals surface area (Å²) in [4.78, 5) is 14.0. The fourth-order valence-electron chi connectivity index (χ4n) is 2.21. The molecule has 20 heavy (non-hydrogen) atoms. The van der Waals surface area contributed by atoms with Gasteiger partial charge in [-0.15, -0.1) is 11.3 Å². The number of benzene rings is 2. The third-order valence-electron chi connectivity index (χ3n) is 3.17. The number of rotatable bonds is 1. The molecule has 3 nitrogen and oxygen atoms in total. The summed E-state index contributed by atoms with van der Waals surface area (Å²) in [6, 6.07) is 12.2. The third-order valence-corrected chi connectivity index (χ3v) is 4.23. The zero-order valence-electron chi connectivity index (χ0n) is 10.2. The quantitative estimate of drug-likeness (QED) is 0.382. The molecular formula is C15H8ClN3S. The summed E-state index contributed by atoms with van der Waals surface area (Å²) in [5.74, 6) is 0.625. The van der Waals surface area contributed by atoms with Gasteiger partial charge in [0.05, 0.1) is 15.9 Å². The summed E-state index contributed by atoms with van der Waals surface area (Å²) in [6.07, 6.45) is 1.75. The second-order valence-electron chi connectivity index (χ2n) is 4.42. The first-order chi connectivity index (χ1) is 9.81. The van der Waals surface area contributed by atoms with Gasteiger partial charge in [0.25, 0.3) is 0 Å². The maximum absolute atomic E-state index is 6.31. The molecule has 0 fully saturated rings.